The number of hydrogen-bond acceptors (Lipinski definition) is 7. The van der Waals surface area contributed by atoms with Crippen molar-refractivity contribution in [2.75, 3.05) is 12.9 Å². The molecule has 0 bridgehead atoms. The Labute approximate surface area is 150 Å². The Bertz CT molecular complexity index is 780. The van der Waals surface area contributed by atoms with Gasteiger partial charge in [0.05, 0.1) is 6.21 Å². The smallest absolute Gasteiger partial charge is 0.278 e. The number of carbonyl (C=O) groups is 1. The zero-order chi connectivity index (χ0) is 18.2. The van der Waals surface area contributed by atoms with Crippen LogP contribution in [-0.2, 0) is 11.2 Å². The molecule has 1 aromatic carbocycles. The number of aryl methyl sites for hydroxylation is 1. The number of hydrazone groups is 1. The van der Waals surface area contributed by atoms with Gasteiger partial charge in [0.2, 0.25) is 5.88 Å². The number of benzene rings is 1. The molecule has 0 aliphatic carbocycles. The van der Waals surface area contributed by atoms with E-state index >= 15 is 0 Å². The van der Waals surface area contributed by atoms with Crippen molar-refractivity contribution in [3.8, 4) is 11.6 Å². The molecule has 0 spiro atoms. The van der Waals surface area contributed by atoms with Gasteiger partial charge in [0.25, 0.3) is 5.91 Å². The monoisotopic (exact) mass is 360 g/mol. The number of carbonyl (C=O) groups excluding carboxylic acids is 1. The minimum Gasteiger partial charge on any atom is -0.507 e. The van der Waals surface area contributed by atoms with Crippen molar-refractivity contribution in [2.45, 2.75) is 25.4 Å². The number of hydrogen-bond donors (Lipinski definition) is 2. The van der Waals surface area contributed by atoms with Crippen molar-refractivity contribution in [1.29, 1.82) is 0 Å². The predicted octanol–water partition coefficient (Wildman–Crippen LogP) is 2.30. The summed E-state index contributed by atoms with van der Waals surface area (Å²) in [6.07, 6.45) is 3.96. The van der Waals surface area contributed by atoms with Crippen molar-refractivity contribution in [1.82, 2.24) is 15.4 Å². The Morgan fingerprint density at radius 3 is 2.84 bits per heavy atom. The molecule has 0 saturated heterocycles. The molecule has 1 amide bonds. The van der Waals surface area contributed by atoms with E-state index in [4.69, 9.17) is 4.74 Å². The summed E-state index contributed by atoms with van der Waals surface area (Å²) in [5.41, 5.74) is 4.58. The van der Waals surface area contributed by atoms with E-state index in [1.54, 1.807) is 24.3 Å². The Hall–Kier alpha value is -2.61. The second-order valence-corrected chi connectivity index (χ2v) is 5.85. The fraction of sp³-hybridized carbons (Fsp3) is 0.294. The second-order valence-electron chi connectivity index (χ2n) is 5.07. The summed E-state index contributed by atoms with van der Waals surface area (Å²) in [5.74, 6) is 0.0836. The fourth-order valence-electron chi connectivity index (χ4n) is 2.10. The normalized spacial score (nSPS) is 10.8. The average molecular weight is 360 g/mol. The molecule has 7 nitrogen and oxygen atoms in total. The maximum Gasteiger partial charge on any atom is 0.278 e. The van der Waals surface area contributed by atoms with Crippen molar-refractivity contribution in [3.05, 3.63) is 41.1 Å². The second kappa shape index (κ2) is 9.03. The van der Waals surface area contributed by atoms with Crippen LogP contribution in [0.25, 0.3) is 0 Å². The Kier molecular flexibility index (Phi) is 6.76. The quantitative estimate of drug-likeness (QED) is 0.340. The molecule has 0 radical (unpaired) electrons. The van der Waals surface area contributed by atoms with Gasteiger partial charge < -0.3 is 9.84 Å². The number of amides is 1. The maximum absolute atomic E-state index is 11.9. The van der Waals surface area contributed by atoms with Gasteiger partial charge in [-0.3, -0.25) is 4.79 Å². The van der Waals surface area contributed by atoms with Crippen LogP contribution in [0, 0.1) is 6.92 Å². The van der Waals surface area contributed by atoms with Crippen LogP contribution in [0.4, 0.5) is 0 Å². The van der Waals surface area contributed by atoms with Crippen molar-refractivity contribution < 1.29 is 14.6 Å². The molecule has 2 aromatic rings. The maximum atomic E-state index is 11.9. The van der Waals surface area contributed by atoms with Gasteiger partial charge in [-0.1, -0.05) is 30.8 Å². The average Bonchev–Trinajstić information content (AvgIpc) is 2.61. The van der Waals surface area contributed by atoms with E-state index in [-0.39, 0.29) is 12.4 Å². The molecule has 0 unspecified atom stereocenters. The van der Waals surface area contributed by atoms with E-state index in [0.29, 0.717) is 23.0 Å². The number of aromatic hydroxyl groups is 1. The van der Waals surface area contributed by atoms with Crippen LogP contribution < -0.4 is 10.2 Å². The zero-order valence-corrected chi connectivity index (χ0v) is 15.1. The first-order valence-electron chi connectivity index (χ1n) is 7.69. The molecular weight excluding hydrogens is 340 g/mol. The zero-order valence-electron chi connectivity index (χ0n) is 14.3. The highest BCUT2D eigenvalue weighted by Gasteiger charge is 2.12. The minimum absolute atomic E-state index is 0.0883. The molecule has 0 aliphatic heterocycles. The van der Waals surface area contributed by atoms with Crippen LogP contribution in [0.3, 0.4) is 0 Å². The molecular formula is C17H20N4O3S. The molecule has 0 atom stereocenters. The molecule has 1 aromatic heterocycles. The number of nitrogens with zero attached hydrogens (tertiary/aromatic N) is 3. The minimum atomic E-state index is -0.421. The molecule has 1 heterocycles. The lowest BCUT2D eigenvalue weighted by Gasteiger charge is -2.11. The molecule has 2 N–H and O–H groups in total. The lowest BCUT2D eigenvalue weighted by Crippen LogP contribution is -2.25. The van der Waals surface area contributed by atoms with Crippen LogP contribution in [0.5, 0.6) is 11.6 Å². The van der Waals surface area contributed by atoms with E-state index < -0.39 is 5.91 Å². The number of phenols is 1. The SMILES string of the molecule is CCc1c(C)nc(SC)nc1OCC(=O)N/N=C/c1ccccc1O. The van der Waals surface area contributed by atoms with Crippen LogP contribution in [-0.4, -0.2) is 40.1 Å². The summed E-state index contributed by atoms with van der Waals surface area (Å²) in [6, 6.07) is 6.69. The molecule has 2 rings (SSSR count). The van der Waals surface area contributed by atoms with Crippen molar-refractivity contribution in [3.63, 3.8) is 0 Å². The van der Waals surface area contributed by atoms with E-state index in [1.807, 2.05) is 20.1 Å². The number of nitrogens with one attached hydrogen (secondary N) is 1. The Morgan fingerprint density at radius 1 is 1.40 bits per heavy atom. The van der Waals surface area contributed by atoms with Gasteiger partial charge in [-0.25, -0.2) is 10.4 Å². The van der Waals surface area contributed by atoms with Crippen molar-refractivity contribution >= 4 is 23.9 Å². The molecule has 132 valence electrons. The summed E-state index contributed by atoms with van der Waals surface area (Å²) >= 11 is 1.41. The van der Waals surface area contributed by atoms with Gasteiger partial charge in [0, 0.05) is 16.8 Å². The highest BCUT2D eigenvalue weighted by molar-refractivity contribution is 7.98. The third kappa shape index (κ3) is 5.18. The highest BCUT2D eigenvalue weighted by atomic mass is 32.2. The topological polar surface area (TPSA) is 96.7 Å². The van der Waals surface area contributed by atoms with E-state index in [1.165, 1.54) is 18.0 Å². The van der Waals surface area contributed by atoms with Gasteiger partial charge in [0.1, 0.15) is 5.75 Å². The first-order valence-corrected chi connectivity index (χ1v) is 8.91. The number of para-hydroxylation sites is 1. The van der Waals surface area contributed by atoms with Gasteiger partial charge in [-0.05, 0) is 31.7 Å². The standard InChI is InChI=1S/C17H20N4O3S/c1-4-13-11(2)19-17(25-3)20-16(13)24-10-15(23)21-18-9-12-7-5-6-8-14(12)22/h5-9,22H,4,10H2,1-3H3,(H,21,23)/b18-9+. The molecule has 8 heteroatoms. The Morgan fingerprint density at radius 2 is 2.16 bits per heavy atom. The van der Waals surface area contributed by atoms with Gasteiger partial charge in [-0.2, -0.15) is 10.1 Å². The van der Waals surface area contributed by atoms with Gasteiger partial charge in [-0.15, -0.1) is 0 Å². The summed E-state index contributed by atoms with van der Waals surface area (Å²) < 4.78 is 5.54. The van der Waals surface area contributed by atoms with E-state index in [0.717, 1.165) is 11.3 Å². The third-order valence-electron chi connectivity index (χ3n) is 3.36. The lowest BCUT2D eigenvalue weighted by atomic mass is 10.2. The first-order chi connectivity index (χ1) is 12.0. The summed E-state index contributed by atoms with van der Waals surface area (Å²) in [4.78, 5) is 20.5. The van der Waals surface area contributed by atoms with E-state index in [9.17, 15) is 9.90 Å². The number of aromatic nitrogens is 2. The molecule has 0 saturated carbocycles. The predicted molar refractivity (Wildman–Crippen MR) is 97.3 cm³/mol. The largest absolute Gasteiger partial charge is 0.507 e. The van der Waals surface area contributed by atoms with Crippen LogP contribution in [0.1, 0.15) is 23.7 Å². The third-order valence-corrected chi connectivity index (χ3v) is 3.91. The lowest BCUT2D eigenvalue weighted by molar-refractivity contribution is -0.123. The summed E-state index contributed by atoms with van der Waals surface area (Å²) in [6.45, 7) is 3.66. The first kappa shape index (κ1) is 18.7. The van der Waals surface area contributed by atoms with Crippen LogP contribution >= 0.6 is 11.8 Å². The van der Waals surface area contributed by atoms with E-state index in [2.05, 4.69) is 20.5 Å². The van der Waals surface area contributed by atoms with Crippen LogP contribution in [0.15, 0.2) is 34.5 Å². The highest BCUT2D eigenvalue weighted by Crippen LogP contribution is 2.22. The van der Waals surface area contributed by atoms with Crippen LogP contribution in [0.2, 0.25) is 0 Å². The van der Waals surface area contributed by atoms with Gasteiger partial charge in [0.15, 0.2) is 11.8 Å². The number of phenolic OH excluding ortho intramolecular Hbond substituents is 1. The Balaban J connectivity index is 1.96. The fourth-order valence-corrected chi connectivity index (χ4v) is 2.50. The summed E-state index contributed by atoms with van der Waals surface area (Å²) in [5, 5.41) is 14.0. The summed E-state index contributed by atoms with van der Waals surface area (Å²) in [7, 11) is 0. The van der Waals surface area contributed by atoms with Crippen molar-refractivity contribution in [2.24, 2.45) is 5.10 Å². The molecule has 0 fully saturated rings. The molecule has 25 heavy (non-hydrogen) atoms. The van der Waals surface area contributed by atoms with Gasteiger partial charge >= 0.3 is 0 Å². The molecule has 0 aliphatic rings. The number of ether oxygens (including phenoxy) is 1. The number of rotatable bonds is 7. The number of thioether (sulfide) groups is 1.